The lowest BCUT2D eigenvalue weighted by Gasteiger charge is -2.09. The van der Waals surface area contributed by atoms with Crippen molar-refractivity contribution in [2.24, 2.45) is 0 Å². The van der Waals surface area contributed by atoms with Crippen LogP contribution in [0.2, 0.25) is 0 Å². The van der Waals surface area contributed by atoms with Crippen molar-refractivity contribution in [1.29, 1.82) is 0 Å². The molecule has 0 spiro atoms. The van der Waals surface area contributed by atoms with E-state index in [4.69, 9.17) is 0 Å². The van der Waals surface area contributed by atoms with Gasteiger partial charge in [0.25, 0.3) is 0 Å². The number of alkyl halides is 3. The van der Waals surface area contributed by atoms with Crippen molar-refractivity contribution in [3.05, 3.63) is 28.2 Å². The molecule has 18 heavy (non-hydrogen) atoms. The van der Waals surface area contributed by atoms with Gasteiger partial charge in [-0.3, -0.25) is 0 Å². The van der Waals surface area contributed by atoms with Gasteiger partial charge in [0.2, 0.25) is 0 Å². The van der Waals surface area contributed by atoms with E-state index in [1.165, 1.54) is 0 Å². The molecule has 0 unspecified atom stereocenters. The Morgan fingerprint density at radius 1 is 1.28 bits per heavy atom. The van der Waals surface area contributed by atoms with E-state index in [-0.39, 0.29) is 6.61 Å². The zero-order valence-electron chi connectivity index (χ0n) is 9.98. The number of hydrogen-bond donors (Lipinski definition) is 1. The highest BCUT2D eigenvalue weighted by atomic mass is 79.9. The van der Waals surface area contributed by atoms with E-state index in [0.717, 1.165) is 15.7 Å². The Labute approximate surface area is 113 Å². The van der Waals surface area contributed by atoms with Gasteiger partial charge < -0.3 is 10.1 Å². The summed E-state index contributed by atoms with van der Waals surface area (Å²) in [5, 5.41) is 3.13. The van der Waals surface area contributed by atoms with Gasteiger partial charge in [-0.05, 0) is 37.1 Å². The highest BCUT2D eigenvalue weighted by Gasteiger charge is 2.27. The fourth-order valence-electron chi connectivity index (χ4n) is 1.43. The van der Waals surface area contributed by atoms with Gasteiger partial charge in [-0.1, -0.05) is 15.9 Å². The third-order valence-corrected chi connectivity index (χ3v) is 2.56. The number of benzene rings is 1. The molecular weight excluding hydrogens is 311 g/mol. The van der Waals surface area contributed by atoms with Crippen LogP contribution in [0.1, 0.15) is 12.0 Å². The average molecular weight is 326 g/mol. The summed E-state index contributed by atoms with van der Waals surface area (Å²) >= 11 is 3.38. The highest BCUT2D eigenvalue weighted by Crippen LogP contribution is 2.19. The molecule has 0 aromatic heterocycles. The van der Waals surface area contributed by atoms with Crippen LogP contribution in [-0.2, 0) is 4.74 Å². The second kappa shape index (κ2) is 6.99. The Hall–Kier alpha value is -0.750. The van der Waals surface area contributed by atoms with Crippen LogP contribution in [0.5, 0.6) is 0 Å². The van der Waals surface area contributed by atoms with Crippen molar-refractivity contribution in [2.45, 2.75) is 19.5 Å². The molecule has 0 aliphatic heterocycles. The zero-order valence-corrected chi connectivity index (χ0v) is 11.6. The van der Waals surface area contributed by atoms with Crippen LogP contribution in [-0.4, -0.2) is 25.9 Å². The predicted octanol–water partition coefficient (Wildman–Crippen LogP) is 4.14. The lowest BCUT2D eigenvalue weighted by molar-refractivity contribution is -0.173. The average Bonchev–Trinajstić information content (AvgIpc) is 2.20. The lowest BCUT2D eigenvalue weighted by Crippen LogP contribution is -2.18. The van der Waals surface area contributed by atoms with Crippen LogP contribution in [0.15, 0.2) is 22.7 Å². The van der Waals surface area contributed by atoms with E-state index in [2.05, 4.69) is 26.0 Å². The Morgan fingerprint density at radius 2 is 2.00 bits per heavy atom. The second-order valence-corrected chi connectivity index (χ2v) is 4.88. The van der Waals surface area contributed by atoms with Gasteiger partial charge in [0.15, 0.2) is 0 Å². The fraction of sp³-hybridized carbons (Fsp3) is 0.500. The van der Waals surface area contributed by atoms with Crippen LogP contribution in [0.4, 0.5) is 18.9 Å². The molecule has 1 aromatic rings. The molecule has 102 valence electrons. The van der Waals surface area contributed by atoms with Crippen molar-refractivity contribution in [2.75, 3.05) is 25.1 Å². The summed E-state index contributed by atoms with van der Waals surface area (Å²) in [6, 6.07) is 5.88. The molecule has 1 N–H and O–H groups in total. The first kappa shape index (κ1) is 15.3. The molecule has 0 saturated heterocycles. The summed E-state index contributed by atoms with van der Waals surface area (Å²) in [4.78, 5) is 0. The van der Waals surface area contributed by atoms with E-state index in [0.29, 0.717) is 13.0 Å². The van der Waals surface area contributed by atoms with E-state index in [1.807, 2.05) is 25.1 Å². The smallest absolute Gasteiger partial charge is 0.385 e. The number of ether oxygens (including phenoxy) is 1. The largest absolute Gasteiger partial charge is 0.411 e. The van der Waals surface area contributed by atoms with E-state index < -0.39 is 12.8 Å². The summed E-state index contributed by atoms with van der Waals surface area (Å²) in [5.41, 5.74) is 2.05. The first-order chi connectivity index (χ1) is 8.37. The summed E-state index contributed by atoms with van der Waals surface area (Å²) in [5.74, 6) is 0. The maximum atomic E-state index is 11.8. The van der Waals surface area contributed by atoms with E-state index in [1.54, 1.807) is 0 Å². The molecule has 1 rings (SSSR count). The number of aryl methyl sites for hydroxylation is 1. The first-order valence-electron chi connectivity index (χ1n) is 5.52. The topological polar surface area (TPSA) is 21.3 Å². The number of rotatable bonds is 6. The van der Waals surface area contributed by atoms with E-state index >= 15 is 0 Å². The van der Waals surface area contributed by atoms with Gasteiger partial charge in [0, 0.05) is 23.3 Å². The number of anilines is 1. The summed E-state index contributed by atoms with van der Waals surface area (Å²) in [7, 11) is 0. The third-order valence-electron chi connectivity index (χ3n) is 2.10. The van der Waals surface area contributed by atoms with Crippen LogP contribution >= 0.6 is 15.9 Å². The molecule has 0 fully saturated rings. The third kappa shape index (κ3) is 6.86. The maximum Gasteiger partial charge on any atom is 0.411 e. The van der Waals surface area contributed by atoms with Crippen molar-refractivity contribution in [3.63, 3.8) is 0 Å². The number of nitrogens with one attached hydrogen (secondary N) is 1. The number of hydrogen-bond acceptors (Lipinski definition) is 2. The minimum Gasteiger partial charge on any atom is -0.385 e. The summed E-state index contributed by atoms with van der Waals surface area (Å²) < 4.78 is 40.8. The van der Waals surface area contributed by atoms with E-state index in [9.17, 15) is 13.2 Å². The molecule has 0 atom stereocenters. The van der Waals surface area contributed by atoms with Crippen LogP contribution in [0.3, 0.4) is 0 Å². The van der Waals surface area contributed by atoms with Crippen molar-refractivity contribution >= 4 is 21.6 Å². The Kier molecular flexibility index (Phi) is 5.95. The number of halogens is 4. The van der Waals surface area contributed by atoms with Gasteiger partial charge in [-0.2, -0.15) is 13.2 Å². The second-order valence-electron chi connectivity index (χ2n) is 3.97. The molecule has 0 heterocycles. The molecule has 0 saturated carbocycles. The van der Waals surface area contributed by atoms with Crippen LogP contribution < -0.4 is 5.32 Å². The van der Waals surface area contributed by atoms with Crippen LogP contribution in [0.25, 0.3) is 0 Å². The molecule has 0 amide bonds. The molecule has 0 aliphatic carbocycles. The normalized spacial score (nSPS) is 11.6. The standard InChI is InChI=1S/C12H15BrF3NO/c1-9-5-10(13)7-11(6-9)17-3-2-4-18-8-12(14,15)16/h5-7,17H,2-4,8H2,1H3. The lowest BCUT2D eigenvalue weighted by atomic mass is 10.2. The Balaban J connectivity index is 2.18. The first-order valence-corrected chi connectivity index (χ1v) is 6.32. The zero-order chi connectivity index (χ0) is 13.6. The SMILES string of the molecule is Cc1cc(Br)cc(NCCCOCC(F)(F)F)c1. The molecule has 2 nitrogen and oxygen atoms in total. The van der Waals surface area contributed by atoms with Crippen molar-refractivity contribution < 1.29 is 17.9 Å². The van der Waals surface area contributed by atoms with Crippen molar-refractivity contribution in [1.82, 2.24) is 0 Å². The Morgan fingerprint density at radius 3 is 2.61 bits per heavy atom. The van der Waals surface area contributed by atoms with Gasteiger partial charge in [-0.25, -0.2) is 0 Å². The van der Waals surface area contributed by atoms with Gasteiger partial charge in [0.05, 0.1) is 0 Å². The van der Waals surface area contributed by atoms with Gasteiger partial charge in [-0.15, -0.1) is 0 Å². The summed E-state index contributed by atoms with van der Waals surface area (Å²) in [6.07, 6.45) is -3.71. The molecular formula is C12H15BrF3NO. The quantitative estimate of drug-likeness (QED) is 0.794. The molecule has 0 bridgehead atoms. The minimum absolute atomic E-state index is 0.0967. The molecule has 0 radical (unpaired) electrons. The molecule has 1 aromatic carbocycles. The maximum absolute atomic E-state index is 11.8. The molecule has 0 aliphatic rings. The van der Waals surface area contributed by atoms with Crippen LogP contribution in [0, 0.1) is 6.92 Å². The molecule has 6 heteroatoms. The fourth-order valence-corrected chi connectivity index (χ4v) is 2.04. The van der Waals surface area contributed by atoms with Gasteiger partial charge in [0.1, 0.15) is 6.61 Å². The Bertz CT molecular complexity index is 362. The minimum atomic E-state index is -4.24. The summed E-state index contributed by atoms with van der Waals surface area (Å²) in [6.45, 7) is 1.47. The monoisotopic (exact) mass is 325 g/mol. The highest BCUT2D eigenvalue weighted by molar-refractivity contribution is 9.10. The van der Waals surface area contributed by atoms with Gasteiger partial charge >= 0.3 is 6.18 Å². The predicted molar refractivity (Wildman–Crippen MR) is 68.9 cm³/mol. The van der Waals surface area contributed by atoms with Crippen molar-refractivity contribution in [3.8, 4) is 0 Å².